The van der Waals surface area contributed by atoms with Crippen LogP contribution in [0.15, 0.2) is 84.9 Å². The van der Waals surface area contributed by atoms with Crippen molar-refractivity contribution in [2.45, 2.75) is 12.8 Å². The average Bonchev–Trinajstić information content (AvgIpc) is 2.66. The smallest absolute Gasteiger partial charge is 0.115 e. The molecule has 3 heteroatoms. The van der Waals surface area contributed by atoms with Crippen LogP contribution in [0.2, 0.25) is 0 Å². The summed E-state index contributed by atoms with van der Waals surface area (Å²) in [6.45, 7) is 1.60. The highest BCUT2D eigenvalue weighted by atomic mass is 16.5. The average molecular weight is 336 g/mol. The Bertz CT molecular complexity index is 632. The van der Waals surface area contributed by atoms with Crippen LogP contribution in [0.3, 0.4) is 0 Å². The summed E-state index contributed by atoms with van der Waals surface area (Å²) in [5, 5.41) is 17.3. The summed E-state index contributed by atoms with van der Waals surface area (Å²) >= 11 is 0. The topological polar surface area (TPSA) is 49.7 Å². The summed E-state index contributed by atoms with van der Waals surface area (Å²) < 4.78 is 5.64. The lowest BCUT2D eigenvalue weighted by Crippen LogP contribution is -2.02. The van der Waals surface area contributed by atoms with E-state index in [9.17, 15) is 0 Å². The molecular weight excluding hydrogens is 312 g/mol. The first-order valence-corrected chi connectivity index (χ1v) is 8.37. The van der Waals surface area contributed by atoms with E-state index in [0.717, 1.165) is 26.1 Å². The van der Waals surface area contributed by atoms with E-state index in [2.05, 4.69) is 48.5 Å². The summed E-state index contributed by atoms with van der Waals surface area (Å²) in [5.41, 5.74) is 2.68. The van der Waals surface area contributed by atoms with Crippen LogP contribution in [0, 0.1) is 0 Å². The van der Waals surface area contributed by atoms with Crippen LogP contribution < -0.4 is 0 Å². The fourth-order valence-electron chi connectivity index (χ4n) is 2.22. The molecule has 3 rings (SSSR count). The molecular formula is C22H24O3. The zero-order valence-electron chi connectivity index (χ0n) is 14.2. The van der Waals surface area contributed by atoms with Gasteiger partial charge >= 0.3 is 0 Å². The van der Waals surface area contributed by atoms with Crippen molar-refractivity contribution in [3.63, 3.8) is 0 Å². The van der Waals surface area contributed by atoms with Gasteiger partial charge in [-0.25, -0.2) is 0 Å². The molecule has 0 bridgehead atoms. The molecule has 130 valence electrons. The molecule has 25 heavy (non-hydrogen) atoms. The van der Waals surface area contributed by atoms with Crippen molar-refractivity contribution in [2.24, 2.45) is 0 Å². The maximum absolute atomic E-state index is 8.65. The van der Waals surface area contributed by atoms with Gasteiger partial charge in [0, 0.05) is 0 Å². The number of aromatic hydroxyl groups is 2. The van der Waals surface area contributed by atoms with Crippen LogP contribution in [0.25, 0.3) is 0 Å². The first kappa shape index (κ1) is 18.6. The first-order valence-electron chi connectivity index (χ1n) is 8.37. The summed E-state index contributed by atoms with van der Waals surface area (Å²) in [5.74, 6) is 0.339. The Morgan fingerprint density at radius 1 is 0.520 bits per heavy atom. The normalized spacial score (nSPS) is 9.92. The number of rotatable bonds is 6. The Balaban J connectivity index is 0.000000236. The fraction of sp³-hybridized carbons (Fsp3) is 0.182. The maximum Gasteiger partial charge on any atom is 0.115 e. The lowest BCUT2D eigenvalue weighted by Gasteiger charge is -2.04. The van der Waals surface area contributed by atoms with Crippen molar-refractivity contribution in [1.29, 1.82) is 0 Å². The van der Waals surface area contributed by atoms with Crippen LogP contribution in [-0.4, -0.2) is 23.4 Å². The van der Waals surface area contributed by atoms with E-state index in [1.54, 1.807) is 0 Å². The molecule has 0 aromatic heterocycles. The minimum absolute atomic E-state index is 0.169. The van der Waals surface area contributed by atoms with Crippen molar-refractivity contribution >= 4 is 0 Å². The third kappa shape index (κ3) is 8.04. The standard InChI is InChI=1S/C16H18O.C6H6O2/c1-3-7-15(8-4-1)11-13-17-14-12-16-9-5-2-6-10-16;7-5-1-2-6(8)4-3-5/h1-10H,11-14H2;1-4,7-8H. The SMILES string of the molecule is Oc1ccc(O)cc1.c1ccc(CCOCCc2ccccc2)cc1. The highest BCUT2D eigenvalue weighted by Gasteiger charge is 1.94. The van der Waals surface area contributed by atoms with E-state index in [-0.39, 0.29) is 11.5 Å². The van der Waals surface area contributed by atoms with Crippen molar-refractivity contribution in [1.82, 2.24) is 0 Å². The molecule has 0 atom stereocenters. The van der Waals surface area contributed by atoms with Gasteiger partial charge in [-0.3, -0.25) is 0 Å². The van der Waals surface area contributed by atoms with Crippen LogP contribution in [-0.2, 0) is 17.6 Å². The maximum atomic E-state index is 8.65. The Labute approximate surface area is 149 Å². The highest BCUT2D eigenvalue weighted by Crippen LogP contribution is 2.13. The van der Waals surface area contributed by atoms with Crippen LogP contribution >= 0.6 is 0 Å². The molecule has 0 fully saturated rings. The van der Waals surface area contributed by atoms with Gasteiger partial charge in [0.2, 0.25) is 0 Å². The van der Waals surface area contributed by atoms with Crippen LogP contribution in [0.5, 0.6) is 11.5 Å². The number of benzene rings is 3. The van der Waals surface area contributed by atoms with E-state index in [0.29, 0.717) is 0 Å². The Morgan fingerprint density at radius 3 is 1.24 bits per heavy atom. The molecule has 3 aromatic rings. The molecule has 0 aliphatic carbocycles. The van der Waals surface area contributed by atoms with Crippen LogP contribution in [0.4, 0.5) is 0 Å². The third-order valence-corrected chi connectivity index (χ3v) is 3.61. The first-order chi connectivity index (χ1) is 12.2. The molecule has 0 amide bonds. The lowest BCUT2D eigenvalue weighted by molar-refractivity contribution is 0.140. The van der Waals surface area contributed by atoms with E-state index in [1.807, 2.05) is 12.1 Å². The van der Waals surface area contributed by atoms with E-state index < -0.39 is 0 Å². The molecule has 3 nitrogen and oxygen atoms in total. The molecule has 0 saturated heterocycles. The molecule has 0 saturated carbocycles. The van der Waals surface area contributed by atoms with Crippen LogP contribution in [0.1, 0.15) is 11.1 Å². The second-order valence-corrected chi connectivity index (χ2v) is 5.60. The number of phenolic OH excluding ortho intramolecular Hbond substituents is 2. The summed E-state index contributed by atoms with van der Waals surface area (Å²) in [6.07, 6.45) is 1.99. The molecule has 0 unspecified atom stereocenters. The summed E-state index contributed by atoms with van der Waals surface area (Å²) in [6, 6.07) is 26.6. The lowest BCUT2D eigenvalue weighted by atomic mass is 10.1. The monoisotopic (exact) mass is 336 g/mol. The zero-order valence-corrected chi connectivity index (χ0v) is 14.2. The fourth-order valence-corrected chi connectivity index (χ4v) is 2.22. The molecule has 0 aliphatic rings. The predicted octanol–water partition coefficient (Wildman–Crippen LogP) is 4.59. The van der Waals surface area contributed by atoms with Gasteiger partial charge in [-0.1, -0.05) is 60.7 Å². The molecule has 0 heterocycles. The van der Waals surface area contributed by atoms with E-state index >= 15 is 0 Å². The molecule has 0 spiro atoms. The second kappa shape index (κ2) is 10.9. The molecule has 3 aromatic carbocycles. The molecule has 0 aliphatic heterocycles. The van der Waals surface area contributed by atoms with Gasteiger partial charge in [-0.05, 0) is 48.2 Å². The molecule has 2 N–H and O–H groups in total. The summed E-state index contributed by atoms with van der Waals surface area (Å²) in [7, 11) is 0. The van der Waals surface area contributed by atoms with Gasteiger partial charge < -0.3 is 14.9 Å². The van der Waals surface area contributed by atoms with Gasteiger partial charge in [-0.2, -0.15) is 0 Å². The number of phenols is 2. The van der Waals surface area contributed by atoms with Crippen molar-refractivity contribution in [2.75, 3.05) is 13.2 Å². The van der Waals surface area contributed by atoms with Gasteiger partial charge in [0.05, 0.1) is 13.2 Å². The quantitative estimate of drug-likeness (QED) is 0.511. The van der Waals surface area contributed by atoms with Gasteiger partial charge in [0.1, 0.15) is 11.5 Å². The highest BCUT2D eigenvalue weighted by molar-refractivity contribution is 5.28. The largest absolute Gasteiger partial charge is 0.508 e. The summed E-state index contributed by atoms with van der Waals surface area (Å²) in [4.78, 5) is 0. The minimum atomic E-state index is 0.169. The minimum Gasteiger partial charge on any atom is -0.508 e. The van der Waals surface area contributed by atoms with Crippen molar-refractivity contribution < 1.29 is 14.9 Å². The van der Waals surface area contributed by atoms with Crippen molar-refractivity contribution in [3.05, 3.63) is 96.1 Å². The number of ether oxygens (including phenoxy) is 1. The Morgan fingerprint density at radius 2 is 0.880 bits per heavy atom. The van der Waals surface area contributed by atoms with Gasteiger partial charge in [0.25, 0.3) is 0 Å². The Kier molecular flexibility index (Phi) is 8.09. The Hall–Kier alpha value is -2.78. The third-order valence-electron chi connectivity index (χ3n) is 3.61. The number of hydrogen-bond acceptors (Lipinski definition) is 3. The van der Waals surface area contributed by atoms with Gasteiger partial charge in [0.15, 0.2) is 0 Å². The van der Waals surface area contributed by atoms with E-state index in [1.165, 1.54) is 35.4 Å². The number of hydrogen-bond donors (Lipinski definition) is 2. The molecule has 0 radical (unpaired) electrons. The van der Waals surface area contributed by atoms with Crippen molar-refractivity contribution in [3.8, 4) is 11.5 Å². The second-order valence-electron chi connectivity index (χ2n) is 5.60. The van der Waals surface area contributed by atoms with E-state index in [4.69, 9.17) is 14.9 Å². The zero-order chi connectivity index (χ0) is 17.7. The predicted molar refractivity (Wildman–Crippen MR) is 101 cm³/mol. The van der Waals surface area contributed by atoms with Gasteiger partial charge in [-0.15, -0.1) is 0 Å².